The molecule has 5 heteroatoms. The van der Waals surface area contributed by atoms with Gasteiger partial charge in [-0.1, -0.05) is 6.92 Å². The summed E-state index contributed by atoms with van der Waals surface area (Å²) in [5, 5.41) is 3.18. The van der Waals surface area contributed by atoms with Crippen LogP contribution in [-0.2, 0) is 4.79 Å². The van der Waals surface area contributed by atoms with Crippen molar-refractivity contribution in [1.82, 2.24) is 15.1 Å². The van der Waals surface area contributed by atoms with Crippen molar-refractivity contribution in [3.05, 3.63) is 11.5 Å². The predicted octanol–water partition coefficient (Wildman–Crippen LogP) is 0.571. The Balaban J connectivity index is 2.91. The molecule has 4 nitrogen and oxygen atoms in total. The highest BCUT2D eigenvalue weighted by Gasteiger charge is 2.24. The van der Waals surface area contributed by atoms with Crippen molar-refractivity contribution in [2.75, 3.05) is 40.3 Å². The molecule has 0 unspecified atom stereocenters. The van der Waals surface area contributed by atoms with Gasteiger partial charge in [0.2, 0.25) is 0 Å². The third kappa shape index (κ3) is 2.95. The first-order valence-corrected chi connectivity index (χ1v) is 5.63. The Kier molecular flexibility index (Phi) is 4.73. The zero-order chi connectivity index (χ0) is 12.1. The fourth-order valence-electron chi connectivity index (χ4n) is 1.69. The van der Waals surface area contributed by atoms with E-state index in [9.17, 15) is 9.18 Å². The summed E-state index contributed by atoms with van der Waals surface area (Å²) >= 11 is 0. The molecule has 0 bridgehead atoms. The Bertz CT molecular complexity index is 283. The molecule has 0 saturated carbocycles. The van der Waals surface area contributed by atoms with E-state index < -0.39 is 0 Å². The number of allylic oxidation sites excluding steroid dienone is 1. The van der Waals surface area contributed by atoms with Crippen LogP contribution in [0.25, 0.3) is 0 Å². The maximum Gasteiger partial charge on any atom is 0.272 e. The minimum atomic E-state index is -0.319. The molecule has 1 heterocycles. The molecule has 1 aliphatic rings. The Morgan fingerprint density at radius 3 is 2.38 bits per heavy atom. The molecule has 0 aromatic carbocycles. The summed E-state index contributed by atoms with van der Waals surface area (Å²) in [7, 11) is 3.29. The zero-order valence-electron chi connectivity index (χ0n) is 10.2. The topological polar surface area (TPSA) is 35.6 Å². The second kappa shape index (κ2) is 5.84. The van der Waals surface area contributed by atoms with E-state index in [4.69, 9.17) is 0 Å². The van der Waals surface area contributed by atoms with Crippen molar-refractivity contribution < 1.29 is 9.18 Å². The highest BCUT2D eigenvalue weighted by atomic mass is 19.1. The molecule has 92 valence electrons. The van der Waals surface area contributed by atoms with Gasteiger partial charge in [-0.2, -0.15) is 0 Å². The fraction of sp³-hybridized carbons (Fsp3) is 0.727. The van der Waals surface area contributed by atoms with Crippen LogP contribution in [0.2, 0.25) is 0 Å². The Morgan fingerprint density at radius 1 is 1.38 bits per heavy atom. The zero-order valence-corrected chi connectivity index (χ0v) is 10.2. The average Bonchev–Trinajstić information content (AvgIpc) is 2.30. The molecule has 1 N–H and O–H groups in total. The number of halogens is 1. The molecular weight excluding hydrogens is 209 g/mol. The van der Waals surface area contributed by atoms with E-state index in [2.05, 4.69) is 5.32 Å². The molecule has 16 heavy (non-hydrogen) atoms. The molecule has 1 amide bonds. The second-order valence-electron chi connectivity index (χ2n) is 4.04. The number of carbonyl (C=O) groups excluding carboxylic acids is 1. The highest BCUT2D eigenvalue weighted by molar-refractivity contribution is 5.93. The summed E-state index contributed by atoms with van der Waals surface area (Å²) in [6.45, 7) is 4.67. The molecule has 0 atom stereocenters. The largest absolute Gasteiger partial charge is 0.362 e. The van der Waals surface area contributed by atoms with Gasteiger partial charge in [0.1, 0.15) is 11.5 Å². The van der Waals surface area contributed by atoms with Gasteiger partial charge in [0.25, 0.3) is 5.91 Å². The fourth-order valence-corrected chi connectivity index (χ4v) is 1.69. The van der Waals surface area contributed by atoms with Crippen LogP contribution in [0.5, 0.6) is 0 Å². The molecule has 1 fully saturated rings. The van der Waals surface area contributed by atoms with Gasteiger partial charge in [-0.3, -0.25) is 4.79 Å². The van der Waals surface area contributed by atoms with Crippen molar-refractivity contribution in [3.8, 4) is 0 Å². The molecule has 1 rings (SSSR count). The second-order valence-corrected chi connectivity index (χ2v) is 4.04. The van der Waals surface area contributed by atoms with Crippen LogP contribution in [0.15, 0.2) is 11.5 Å². The van der Waals surface area contributed by atoms with Gasteiger partial charge in [-0.15, -0.1) is 0 Å². The standard InChI is InChI=1S/C11H20FN3O/c1-4-9(12)10(11(16)14(2)3)15-7-5-13-6-8-15/h13H,4-8H2,1-3H3/b10-9-. The SMILES string of the molecule is CC/C(F)=C(\C(=O)N(C)C)N1CCNCC1. The van der Waals surface area contributed by atoms with E-state index in [1.807, 2.05) is 4.90 Å². The number of likely N-dealkylation sites (N-methyl/N-ethyl adjacent to an activating group) is 1. The normalized spacial score (nSPS) is 18.1. The number of hydrogen-bond donors (Lipinski definition) is 1. The minimum absolute atomic E-state index is 0.231. The molecular formula is C11H20FN3O. The summed E-state index contributed by atoms with van der Waals surface area (Å²) in [5.41, 5.74) is 0.231. The maximum absolute atomic E-state index is 13.8. The van der Waals surface area contributed by atoms with Crippen molar-refractivity contribution >= 4 is 5.91 Å². The lowest BCUT2D eigenvalue weighted by Crippen LogP contribution is -2.46. The van der Waals surface area contributed by atoms with Crippen LogP contribution in [-0.4, -0.2) is 56.0 Å². The number of amides is 1. The molecule has 1 aliphatic heterocycles. The summed E-state index contributed by atoms with van der Waals surface area (Å²) in [6, 6.07) is 0. The van der Waals surface area contributed by atoms with Crippen molar-refractivity contribution in [1.29, 1.82) is 0 Å². The summed E-state index contributed by atoms with van der Waals surface area (Å²) in [4.78, 5) is 15.2. The van der Waals surface area contributed by atoms with Gasteiger partial charge >= 0.3 is 0 Å². The average molecular weight is 229 g/mol. The van der Waals surface area contributed by atoms with Crippen LogP contribution < -0.4 is 5.32 Å². The third-order valence-corrected chi connectivity index (χ3v) is 2.61. The van der Waals surface area contributed by atoms with Gasteiger partial charge in [0.15, 0.2) is 0 Å². The summed E-state index contributed by atoms with van der Waals surface area (Å²) < 4.78 is 13.8. The van der Waals surface area contributed by atoms with Crippen molar-refractivity contribution in [2.45, 2.75) is 13.3 Å². The Morgan fingerprint density at radius 2 is 1.94 bits per heavy atom. The lowest BCUT2D eigenvalue weighted by atomic mass is 10.2. The smallest absolute Gasteiger partial charge is 0.272 e. The highest BCUT2D eigenvalue weighted by Crippen LogP contribution is 2.17. The first kappa shape index (κ1) is 13.0. The molecule has 0 aromatic rings. The Hall–Kier alpha value is -1.10. The van der Waals surface area contributed by atoms with Crippen LogP contribution in [0.1, 0.15) is 13.3 Å². The van der Waals surface area contributed by atoms with Crippen molar-refractivity contribution in [3.63, 3.8) is 0 Å². The number of hydrogen-bond acceptors (Lipinski definition) is 3. The van der Waals surface area contributed by atoms with E-state index >= 15 is 0 Å². The van der Waals surface area contributed by atoms with E-state index in [0.29, 0.717) is 13.1 Å². The molecule has 0 aliphatic carbocycles. The van der Waals surface area contributed by atoms with E-state index in [1.54, 1.807) is 21.0 Å². The van der Waals surface area contributed by atoms with Crippen molar-refractivity contribution in [2.24, 2.45) is 0 Å². The number of piperazine rings is 1. The van der Waals surface area contributed by atoms with Crippen LogP contribution in [0, 0.1) is 0 Å². The van der Waals surface area contributed by atoms with Gasteiger partial charge in [-0.05, 0) is 6.42 Å². The first-order valence-electron chi connectivity index (χ1n) is 5.63. The summed E-state index contributed by atoms with van der Waals surface area (Å²) in [6.07, 6.45) is 0.263. The third-order valence-electron chi connectivity index (χ3n) is 2.61. The Labute approximate surface area is 96.1 Å². The van der Waals surface area contributed by atoms with E-state index in [1.165, 1.54) is 4.90 Å². The predicted molar refractivity (Wildman–Crippen MR) is 61.6 cm³/mol. The maximum atomic E-state index is 13.8. The van der Waals surface area contributed by atoms with E-state index in [-0.39, 0.29) is 23.9 Å². The minimum Gasteiger partial charge on any atom is -0.362 e. The molecule has 0 radical (unpaired) electrons. The number of carbonyl (C=O) groups is 1. The number of nitrogens with zero attached hydrogens (tertiary/aromatic N) is 2. The number of rotatable bonds is 3. The van der Waals surface area contributed by atoms with Gasteiger partial charge in [-0.25, -0.2) is 4.39 Å². The summed E-state index contributed by atoms with van der Waals surface area (Å²) in [5.74, 6) is -0.568. The number of nitrogens with one attached hydrogen (secondary N) is 1. The molecule has 1 saturated heterocycles. The molecule has 0 aromatic heterocycles. The monoisotopic (exact) mass is 229 g/mol. The van der Waals surface area contributed by atoms with Crippen LogP contribution in [0.4, 0.5) is 4.39 Å². The quantitative estimate of drug-likeness (QED) is 0.719. The van der Waals surface area contributed by atoms with Gasteiger partial charge in [0, 0.05) is 40.3 Å². The van der Waals surface area contributed by atoms with Gasteiger partial charge in [0.05, 0.1) is 0 Å². The van der Waals surface area contributed by atoms with Crippen LogP contribution in [0.3, 0.4) is 0 Å². The molecule has 0 spiro atoms. The first-order chi connectivity index (χ1) is 7.57. The van der Waals surface area contributed by atoms with E-state index in [0.717, 1.165) is 13.1 Å². The van der Waals surface area contributed by atoms with Gasteiger partial charge < -0.3 is 15.1 Å². The lowest BCUT2D eigenvalue weighted by molar-refractivity contribution is -0.126. The van der Waals surface area contributed by atoms with Crippen LogP contribution >= 0.6 is 0 Å². The lowest BCUT2D eigenvalue weighted by Gasteiger charge is -2.32.